The summed E-state index contributed by atoms with van der Waals surface area (Å²) < 4.78 is 4.69. The van der Waals surface area contributed by atoms with Crippen LogP contribution in [0.4, 0.5) is 0 Å². The molecule has 4 nitrogen and oxygen atoms in total. The third-order valence-corrected chi connectivity index (χ3v) is 2.59. The van der Waals surface area contributed by atoms with Crippen molar-refractivity contribution in [3.63, 3.8) is 0 Å². The monoisotopic (exact) mass is 299 g/mol. The molecule has 0 aliphatic heterocycles. The van der Waals surface area contributed by atoms with Gasteiger partial charge < -0.3 is 9.57 Å². The van der Waals surface area contributed by atoms with E-state index in [9.17, 15) is 4.79 Å². The van der Waals surface area contributed by atoms with Gasteiger partial charge in [0, 0.05) is 10.9 Å². The molecule has 5 heteroatoms. The van der Waals surface area contributed by atoms with Gasteiger partial charge in [-0.2, -0.15) is 0 Å². The van der Waals surface area contributed by atoms with Crippen LogP contribution in [0, 0.1) is 0 Å². The Morgan fingerprint density at radius 1 is 1.35 bits per heavy atom. The Bertz CT molecular complexity index is 418. The molecular formula is C12H14BrNO3. The van der Waals surface area contributed by atoms with Crippen LogP contribution in [0.25, 0.3) is 0 Å². The third-order valence-electron chi connectivity index (χ3n) is 2.20. The van der Waals surface area contributed by atoms with Crippen molar-refractivity contribution < 1.29 is 14.4 Å². The van der Waals surface area contributed by atoms with Gasteiger partial charge in [-0.3, -0.25) is 0 Å². The van der Waals surface area contributed by atoms with Gasteiger partial charge >= 0.3 is 5.97 Å². The lowest BCUT2D eigenvalue weighted by atomic mass is 10.0. The van der Waals surface area contributed by atoms with E-state index in [-0.39, 0.29) is 5.71 Å². The van der Waals surface area contributed by atoms with E-state index in [1.54, 1.807) is 0 Å². The molecule has 0 spiro atoms. The summed E-state index contributed by atoms with van der Waals surface area (Å²) >= 11 is 3.38. The van der Waals surface area contributed by atoms with Gasteiger partial charge in [0.1, 0.15) is 7.11 Å². The second-order valence-electron chi connectivity index (χ2n) is 3.21. The molecule has 0 aliphatic carbocycles. The molecule has 0 saturated heterocycles. The molecule has 0 aliphatic rings. The van der Waals surface area contributed by atoms with Crippen LogP contribution in [0.2, 0.25) is 0 Å². The van der Waals surface area contributed by atoms with Gasteiger partial charge in [-0.05, 0) is 12.0 Å². The van der Waals surface area contributed by atoms with Gasteiger partial charge in [0.2, 0.25) is 0 Å². The van der Waals surface area contributed by atoms with Crippen molar-refractivity contribution in [3.8, 4) is 0 Å². The third kappa shape index (κ3) is 3.56. The minimum atomic E-state index is -0.506. The molecule has 0 aromatic heterocycles. The van der Waals surface area contributed by atoms with Gasteiger partial charge in [0.05, 0.1) is 7.11 Å². The van der Waals surface area contributed by atoms with Gasteiger partial charge in [-0.15, -0.1) is 0 Å². The lowest BCUT2D eigenvalue weighted by Gasteiger charge is -2.08. The predicted molar refractivity (Wildman–Crippen MR) is 69.5 cm³/mol. The van der Waals surface area contributed by atoms with Crippen molar-refractivity contribution >= 4 is 27.6 Å². The van der Waals surface area contributed by atoms with Crippen LogP contribution < -0.4 is 0 Å². The quantitative estimate of drug-likeness (QED) is 0.362. The number of oxime groups is 1. The minimum absolute atomic E-state index is 0.187. The van der Waals surface area contributed by atoms with E-state index < -0.39 is 5.97 Å². The maximum Gasteiger partial charge on any atom is 0.360 e. The molecular weight excluding hydrogens is 286 g/mol. The maximum absolute atomic E-state index is 11.6. The Hall–Kier alpha value is -1.36. The Labute approximate surface area is 109 Å². The Kier molecular flexibility index (Phi) is 5.69. The molecule has 0 saturated carbocycles. The second-order valence-corrected chi connectivity index (χ2v) is 4.00. The van der Waals surface area contributed by atoms with E-state index >= 15 is 0 Å². The summed E-state index contributed by atoms with van der Waals surface area (Å²) in [6, 6.07) is 7.54. The molecule has 0 N–H and O–H groups in total. The Morgan fingerprint density at radius 2 is 2.06 bits per heavy atom. The number of hydrogen-bond donors (Lipinski definition) is 0. The number of carbonyl (C=O) groups excluding carboxylic acids is 1. The van der Waals surface area contributed by atoms with Gasteiger partial charge in [0.25, 0.3) is 0 Å². The number of benzene rings is 1. The van der Waals surface area contributed by atoms with E-state index in [4.69, 9.17) is 4.74 Å². The first-order valence-corrected chi connectivity index (χ1v) is 6.20. The van der Waals surface area contributed by atoms with E-state index in [1.165, 1.54) is 14.2 Å². The number of carbonyl (C=O) groups is 1. The number of hydrogen-bond acceptors (Lipinski definition) is 4. The van der Waals surface area contributed by atoms with Crippen LogP contribution in [0.3, 0.4) is 0 Å². The predicted octanol–water partition coefficient (Wildman–Crippen LogP) is 2.15. The summed E-state index contributed by atoms with van der Waals surface area (Å²) in [5.41, 5.74) is 1.94. The zero-order valence-corrected chi connectivity index (χ0v) is 11.4. The summed E-state index contributed by atoms with van der Waals surface area (Å²) in [5.74, 6) is -0.506. The van der Waals surface area contributed by atoms with Crippen LogP contribution in [-0.2, 0) is 20.8 Å². The molecule has 0 fully saturated rings. The van der Waals surface area contributed by atoms with E-state index in [0.717, 1.165) is 22.9 Å². The number of rotatable bonds is 5. The van der Waals surface area contributed by atoms with E-state index in [2.05, 4.69) is 25.9 Å². The summed E-state index contributed by atoms with van der Waals surface area (Å²) in [6.07, 6.45) is 0.801. The normalized spacial score (nSPS) is 11.1. The van der Waals surface area contributed by atoms with E-state index in [0.29, 0.717) is 0 Å². The van der Waals surface area contributed by atoms with Crippen LogP contribution in [-0.4, -0.2) is 31.2 Å². The van der Waals surface area contributed by atoms with Crippen LogP contribution in [0.15, 0.2) is 29.4 Å². The Balaban J connectivity index is 3.18. The van der Waals surface area contributed by atoms with Crippen LogP contribution >= 0.6 is 15.9 Å². The maximum atomic E-state index is 11.6. The minimum Gasteiger partial charge on any atom is -0.464 e. The molecule has 0 amide bonds. The highest BCUT2D eigenvalue weighted by Gasteiger charge is 2.18. The van der Waals surface area contributed by atoms with Crippen LogP contribution in [0.1, 0.15) is 11.1 Å². The van der Waals surface area contributed by atoms with Crippen molar-refractivity contribution in [3.05, 3.63) is 35.4 Å². The first-order chi connectivity index (χ1) is 8.24. The van der Waals surface area contributed by atoms with Gasteiger partial charge in [0.15, 0.2) is 5.71 Å². The zero-order valence-electron chi connectivity index (χ0n) is 9.77. The lowest BCUT2D eigenvalue weighted by molar-refractivity contribution is -0.132. The van der Waals surface area contributed by atoms with E-state index in [1.807, 2.05) is 24.3 Å². The van der Waals surface area contributed by atoms with Crippen molar-refractivity contribution in [2.24, 2.45) is 5.16 Å². The molecule has 1 aromatic rings. The number of aryl methyl sites for hydroxylation is 1. The molecule has 0 radical (unpaired) electrons. The second kappa shape index (κ2) is 7.06. The molecule has 17 heavy (non-hydrogen) atoms. The highest BCUT2D eigenvalue weighted by molar-refractivity contribution is 9.09. The summed E-state index contributed by atoms with van der Waals surface area (Å²) in [5, 5.41) is 4.55. The van der Waals surface area contributed by atoms with Crippen molar-refractivity contribution in [2.45, 2.75) is 6.42 Å². The topological polar surface area (TPSA) is 47.9 Å². The number of ether oxygens (including phenoxy) is 1. The fourth-order valence-corrected chi connectivity index (χ4v) is 1.88. The van der Waals surface area contributed by atoms with Crippen molar-refractivity contribution in [1.82, 2.24) is 0 Å². The largest absolute Gasteiger partial charge is 0.464 e. The van der Waals surface area contributed by atoms with Gasteiger partial charge in [-0.1, -0.05) is 45.4 Å². The fourth-order valence-electron chi connectivity index (χ4n) is 1.46. The summed E-state index contributed by atoms with van der Waals surface area (Å²) in [4.78, 5) is 16.3. The number of halogens is 1. The first-order valence-electron chi connectivity index (χ1n) is 5.08. The molecule has 0 unspecified atom stereocenters. The molecule has 92 valence electrons. The standard InChI is InChI=1S/C12H14BrNO3/c1-16-12(15)11(14-17-2)10-6-4-3-5-9(10)7-8-13/h3-6H,7-8H2,1-2H3/b14-11+. The summed E-state index contributed by atoms with van der Waals surface area (Å²) in [6.45, 7) is 0. The molecule has 0 atom stereocenters. The fraction of sp³-hybridized carbons (Fsp3) is 0.333. The zero-order chi connectivity index (χ0) is 12.7. The Morgan fingerprint density at radius 3 is 2.65 bits per heavy atom. The molecule has 1 rings (SSSR count). The number of esters is 1. The van der Waals surface area contributed by atoms with Crippen molar-refractivity contribution in [2.75, 3.05) is 19.5 Å². The highest BCUT2D eigenvalue weighted by atomic mass is 79.9. The molecule has 0 heterocycles. The lowest BCUT2D eigenvalue weighted by Crippen LogP contribution is -2.19. The average molecular weight is 300 g/mol. The SMILES string of the molecule is CO/N=C(/C(=O)OC)c1ccccc1CCBr. The van der Waals surface area contributed by atoms with Gasteiger partial charge in [-0.25, -0.2) is 4.79 Å². The average Bonchev–Trinajstić information content (AvgIpc) is 2.36. The first kappa shape index (κ1) is 13.7. The summed E-state index contributed by atoms with van der Waals surface area (Å²) in [7, 11) is 2.72. The number of methoxy groups -OCH3 is 1. The van der Waals surface area contributed by atoms with Crippen LogP contribution in [0.5, 0.6) is 0 Å². The molecule has 1 aromatic carbocycles. The number of nitrogens with zero attached hydrogens (tertiary/aromatic N) is 1. The highest BCUT2D eigenvalue weighted by Crippen LogP contribution is 2.13. The smallest absolute Gasteiger partial charge is 0.360 e. The number of alkyl halides is 1. The van der Waals surface area contributed by atoms with Crippen molar-refractivity contribution in [1.29, 1.82) is 0 Å². The molecule has 0 bridgehead atoms.